The third kappa shape index (κ3) is 4.20. The maximum atomic E-state index is 12.0. The van der Waals surface area contributed by atoms with Crippen LogP contribution in [-0.2, 0) is 21.4 Å². The normalized spacial score (nSPS) is 11.5. The van der Waals surface area contributed by atoms with Crippen LogP contribution in [-0.4, -0.2) is 35.5 Å². The van der Waals surface area contributed by atoms with Crippen LogP contribution >= 0.6 is 0 Å². The molecule has 2 aromatic heterocycles. The molecule has 0 aliphatic rings. The SMILES string of the molecule is O=C(CCNS(=O)(=O)c1ccccc1)NCc1nnc2ccccn12. The van der Waals surface area contributed by atoms with Crippen LogP contribution in [0.15, 0.2) is 59.6 Å². The molecule has 0 aliphatic carbocycles. The lowest BCUT2D eigenvalue weighted by Crippen LogP contribution is -2.30. The first-order valence-corrected chi connectivity index (χ1v) is 9.15. The second kappa shape index (κ2) is 7.41. The number of rotatable bonds is 7. The minimum absolute atomic E-state index is 0.0175. The molecule has 0 fully saturated rings. The maximum Gasteiger partial charge on any atom is 0.240 e. The molecule has 3 aromatic rings. The topological polar surface area (TPSA) is 105 Å². The standard InChI is InChI=1S/C16H17N5O3S/c22-16(9-10-18-25(23,24)13-6-2-1-3-7-13)17-12-15-20-19-14-8-4-5-11-21(14)15/h1-8,11,18H,9-10,12H2,(H,17,22). The molecule has 1 amide bonds. The van der Waals surface area contributed by atoms with Crippen molar-refractivity contribution in [1.29, 1.82) is 0 Å². The number of benzene rings is 1. The third-order valence-electron chi connectivity index (χ3n) is 3.53. The number of sulfonamides is 1. The minimum atomic E-state index is -3.60. The molecule has 2 heterocycles. The smallest absolute Gasteiger partial charge is 0.240 e. The average Bonchev–Trinajstić information content (AvgIpc) is 3.04. The van der Waals surface area contributed by atoms with Crippen LogP contribution in [0.5, 0.6) is 0 Å². The minimum Gasteiger partial charge on any atom is -0.349 e. The zero-order chi connectivity index (χ0) is 17.7. The van der Waals surface area contributed by atoms with Crippen molar-refractivity contribution >= 4 is 21.6 Å². The molecule has 9 heteroatoms. The van der Waals surface area contributed by atoms with Crippen LogP contribution in [0.3, 0.4) is 0 Å². The quantitative estimate of drug-likeness (QED) is 0.646. The molecule has 0 bridgehead atoms. The summed E-state index contributed by atoms with van der Waals surface area (Å²) in [5, 5.41) is 10.7. The number of nitrogens with zero attached hydrogens (tertiary/aromatic N) is 3. The Labute approximate surface area is 144 Å². The highest BCUT2D eigenvalue weighted by atomic mass is 32.2. The maximum absolute atomic E-state index is 12.0. The lowest BCUT2D eigenvalue weighted by molar-refractivity contribution is -0.121. The van der Waals surface area contributed by atoms with Crippen molar-refractivity contribution in [2.75, 3.05) is 6.54 Å². The van der Waals surface area contributed by atoms with Crippen molar-refractivity contribution in [3.8, 4) is 0 Å². The van der Waals surface area contributed by atoms with Gasteiger partial charge in [-0.05, 0) is 24.3 Å². The van der Waals surface area contributed by atoms with Crippen molar-refractivity contribution in [2.24, 2.45) is 0 Å². The number of amides is 1. The molecule has 3 rings (SSSR count). The first-order chi connectivity index (χ1) is 12.1. The van der Waals surface area contributed by atoms with Crippen LogP contribution in [0.1, 0.15) is 12.2 Å². The number of aromatic nitrogens is 3. The van der Waals surface area contributed by atoms with Crippen LogP contribution in [0, 0.1) is 0 Å². The molecule has 0 unspecified atom stereocenters. The highest BCUT2D eigenvalue weighted by Gasteiger charge is 2.13. The van der Waals surface area contributed by atoms with Crippen molar-refractivity contribution in [3.05, 3.63) is 60.6 Å². The van der Waals surface area contributed by atoms with Crippen LogP contribution in [0.2, 0.25) is 0 Å². The first kappa shape index (κ1) is 17.1. The molecule has 0 spiro atoms. The van der Waals surface area contributed by atoms with Crippen molar-refractivity contribution < 1.29 is 13.2 Å². The summed E-state index contributed by atoms with van der Waals surface area (Å²) in [5.74, 6) is 0.331. The van der Waals surface area contributed by atoms with Gasteiger partial charge in [0.05, 0.1) is 11.4 Å². The van der Waals surface area contributed by atoms with Crippen LogP contribution in [0.4, 0.5) is 0 Å². The molecule has 25 heavy (non-hydrogen) atoms. The lowest BCUT2D eigenvalue weighted by atomic mass is 10.4. The second-order valence-corrected chi connectivity index (χ2v) is 7.05. The summed E-state index contributed by atoms with van der Waals surface area (Å²) in [6.45, 7) is 0.235. The van der Waals surface area contributed by atoms with Gasteiger partial charge in [0.25, 0.3) is 0 Å². The highest BCUT2D eigenvalue weighted by molar-refractivity contribution is 7.89. The van der Waals surface area contributed by atoms with E-state index in [2.05, 4.69) is 20.2 Å². The predicted octanol–water partition coefficient (Wildman–Crippen LogP) is 0.714. The molecule has 130 valence electrons. The van der Waals surface area contributed by atoms with Gasteiger partial charge in [-0.1, -0.05) is 24.3 Å². The average molecular weight is 359 g/mol. The van der Waals surface area contributed by atoms with E-state index in [0.717, 1.165) is 0 Å². The van der Waals surface area contributed by atoms with Gasteiger partial charge in [-0.3, -0.25) is 9.20 Å². The molecular weight excluding hydrogens is 342 g/mol. The Bertz CT molecular complexity index is 970. The number of pyridine rings is 1. The number of nitrogens with one attached hydrogen (secondary N) is 2. The van der Waals surface area contributed by atoms with Gasteiger partial charge in [0, 0.05) is 19.2 Å². The van der Waals surface area contributed by atoms with Crippen molar-refractivity contribution in [3.63, 3.8) is 0 Å². The monoisotopic (exact) mass is 359 g/mol. The number of hydrogen-bond donors (Lipinski definition) is 2. The molecule has 0 atom stereocenters. The van der Waals surface area contributed by atoms with Crippen molar-refractivity contribution in [2.45, 2.75) is 17.9 Å². The van der Waals surface area contributed by atoms with Gasteiger partial charge in [0.15, 0.2) is 11.5 Å². The van der Waals surface area contributed by atoms with E-state index in [0.29, 0.717) is 11.5 Å². The Morgan fingerprint density at radius 3 is 2.60 bits per heavy atom. The van der Waals surface area contributed by atoms with E-state index in [1.807, 2.05) is 24.4 Å². The third-order valence-corrected chi connectivity index (χ3v) is 5.00. The molecule has 2 N–H and O–H groups in total. The molecule has 0 saturated heterocycles. The fraction of sp³-hybridized carbons (Fsp3) is 0.188. The van der Waals surface area contributed by atoms with Crippen molar-refractivity contribution in [1.82, 2.24) is 24.6 Å². The number of fused-ring (bicyclic) bond motifs is 1. The lowest BCUT2D eigenvalue weighted by Gasteiger charge is -2.07. The Kier molecular flexibility index (Phi) is 5.05. The van der Waals surface area contributed by atoms with Gasteiger partial charge in [-0.25, -0.2) is 13.1 Å². The zero-order valence-electron chi connectivity index (χ0n) is 13.3. The summed E-state index contributed by atoms with van der Waals surface area (Å²) in [5.41, 5.74) is 0.697. The van der Waals surface area contributed by atoms with E-state index in [9.17, 15) is 13.2 Å². The summed E-state index contributed by atoms with van der Waals surface area (Å²) in [7, 11) is -3.60. The summed E-state index contributed by atoms with van der Waals surface area (Å²) in [4.78, 5) is 12.1. The highest BCUT2D eigenvalue weighted by Crippen LogP contribution is 2.07. The van der Waals surface area contributed by atoms with Gasteiger partial charge in [0.2, 0.25) is 15.9 Å². The summed E-state index contributed by atoms with van der Waals surface area (Å²) in [6, 6.07) is 13.5. The fourth-order valence-corrected chi connectivity index (χ4v) is 3.31. The Morgan fingerprint density at radius 1 is 1.04 bits per heavy atom. The summed E-state index contributed by atoms with van der Waals surface area (Å²) >= 11 is 0. The molecule has 1 aromatic carbocycles. The summed E-state index contributed by atoms with van der Waals surface area (Å²) < 4.78 is 28.3. The van der Waals surface area contributed by atoms with E-state index in [-0.39, 0.29) is 30.3 Å². The van der Waals surface area contributed by atoms with Gasteiger partial charge in [-0.2, -0.15) is 0 Å². The van der Waals surface area contributed by atoms with Crippen LogP contribution < -0.4 is 10.0 Å². The molecule has 0 aliphatic heterocycles. The van der Waals surface area contributed by atoms with E-state index in [1.54, 1.807) is 22.6 Å². The van der Waals surface area contributed by atoms with Crippen LogP contribution in [0.25, 0.3) is 5.65 Å². The number of carbonyl (C=O) groups excluding carboxylic acids is 1. The first-order valence-electron chi connectivity index (χ1n) is 7.66. The zero-order valence-corrected chi connectivity index (χ0v) is 14.1. The fourth-order valence-electron chi connectivity index (χ4n) is 2.26. The van der Waals surface area contributed by atoms with Gasteiger partial charge in [-0.15, -0.1) is 10.2 Å². The molecule has 8 nitrogen and oxygen atoms in total. The second-order valence-electron chi connectivity index (χ2n) is 5.28. The molecule has 0 radical (unpaired) electrons. The van der Waals surface area contributed by atoms with Gasteiger partial charge >= 0.3 is 0 Å². The number of carbonyl (C=O) groups is 1. The Hall–Kier alpha value is -2.78. The van der Waals surface area contributed by atoms with E-state index < -0.39 is 10.0 Å². The molecule has 0 saturated carbocycles. The summed E-state index contributed by atoms with van der Waals surface area (Å²) in [6.07, 6.45) is 1.84. The van der Waals surface area contributed by atoms with Gasteiger partial charge in [0.1, 0.15) is 0 Å². The van der Waals surface area contributed by atoms with E-state index in [4.69, 9.17) is 0 Å². The predicted molar refractivity (Wildman–Crippen MR) is 91.1 cm³/mol. The Balaban J connectivity index is 1.49. The van der Waals surface area contributed by atoms with Gasteiger partial charge < -0.3 is 5.32 Å². The molecular formula is C16H17N5O3S. The number of hydrogen-bond acceptors (Lipinski definition) is 5. The Morgan fingerprint density at radius 2 is 1.80 bits per heavy atom. The van der Waals surface area contributed by atoms with E-state index in [1.165, 1.54) is 12.1 Å². The van der Waals surface area contributed by atoms with E-state index >= 15 is 0 Å². The largest absolute Gasteiger partial charge is 0.349 e.